The lowest BCUT2D eigenvalue weighted by atomic mass is 9.86. The van der Waals surface area contributed by atoms with Crippen LogP contribution >= 0.6 is 23.2 Å². The van der Waals surface area contributed by atoms with Crippen LogP contribution in [0.2, 0.25) is 10.0 Å². The second kappa shape index (κ2) is 24.6. The van der Waals surface area contributed by atoms with Crippen molar-refractivity contribution in [1.82, 2.24) is 0 Å². The van der Waals surface area contributed by atoms with Crippen LogP contribution in [-0.4, -0.2) is 35.5 Å². The van der Waals surface area contributed by atoms with Crippen LogP contribution in [0, 0.1) is 5.82 Å². The number of methoxy groups -OCH3 is 5. The minimum absolute atomic E-state index is 0.0611. The van der Waals surface area contributed by atoms with Crippen LogP contribution in [0.25, 0.3) is 0 Å². The van der Waals surface area contributed by atoms with Crippen LogP contribution in [0.4, 0.5) is 4.39 Å². The summed E-state index contributed by atoms with van der Waals surface area (Å²) in [6.07, 6.45) is 0. The second-order valence-corrected chi connectivity index (χ2v) is 21.0. The van der Waals surface area contributed by atoms with E-state index in [1.807, 2.05) is 87.5 Å². The summed E-state index contributed by atoms with van der Waals surface area (Å²) in [5.41, 5.74) is 5.94. The molecule has 0 bridgehead atoms. The quantitative estimate of drug-likeness (QED) is 0.176. The molecule has 348 valence electrons. The molecule has 0 heterocycles. The Hall–Kier alpha value is -4.39. The van der Waals surface area contributed by atoms with Gasteiger partial charge in [-0.25, -0.2) is 4.39 Å². The summed E-state index contributed by atoms with van der Waals surface area (Å²) in [4.78, 5) is 0. The Bertz CT molecular complexity index is 2060. The van der Waals surface area contributed by atoms with E-state index in [1.54, 1.807) is 40.6 Å². The molecule has 0 unspecified atom stereocenters. The van der Waals surface area contributed by atoms with Crippen LogP contribution in [0.3, 0.4) is 0 Å². The molecule has 0 N–H and O–H groups in total. The van der Waals surface area contributed by atoms with Crippen LogP contribution in [-0.2, 0) is 27.1 Å². The summed E-state index contributed by atoms with van der Waals surface area (Å²) in [7, 11) is 8.11. The van der Waals surface area contributed by atoms with Crippen LogP contribution in [0.15, 0.2) is 103 Å². The lowest BCUT2D eigenvalue weighted by Gasteiger charge is -2.21. The number of benzene rings is 5. The van der Waals surface area contributed by atoms with Crippen molar-refractivity contribution >= 4 is 23.2 Å². The molecule has 8 heteroatoms. The van der Waals surface area contributed by atoms with Gasteiger partial charge in [0.15, 0.2) is 23.1 Å². The Balaban J connectivity index is 0.000000395. The second-order valence-electron chi connectivity index (χ2n) is 20.2. The van der Waals surface area contributed by atoms with Gasteiger partial charge >= 0.3 is 0 Å². The summed E-state index contributed by atoms with van der Waals surface area (Å²) in [5.74, 6) is 3.31. The zero-order valence-electron chi connectivity index (χ0n) is 42.0. The summed E-state index contributed by atoms with van der Waals surface area (Å²) in [6.45, 7) is 31.9. The molecule has 0 radical (unpaired) electrons. The standard InChI is InChI=1S/C12H18O2.C11H15ClO.C11H15FO.C11H16O.C10H13Cl/c1-12(2,3)9-6-7-10(13-4)11(8-9)14-5;2*1-11(2,3)8-6-5-7-9(13-4)10(8)12;1-11(2,3)9-6-5-7-10(8-9)12-4;1-10(2,3)8-6-4-5-7-9(8)11/h6-8H,1-5H3;2*5-7H,1-4H3;5-8H,1-4H3;4-7H,1-3H3. The highest BCUT2D eigenvalue weighted by Crippen LogP contribution is 2.36. The molecule has 63 heavy (non-hydrogen) atoms. The number of hydrogen-bond acceptors (Lipinski definition) is 5. The fraction of sp³-hybridized carbons (Fsp3) is 0.455. The molecule has 0 atom stereocenters. The van der Waals surface area contributed by atoms with Crippen LogP contribution < -0.4 is 23.7 Å². The Morgan fingerprint density at radius 2 is 0.794 bits per heavy atom. The van der Waals surface area contributed by atoms with Gasteiger partial charge in [0, 0.05) is 5.02 Å². The largest absolute Gasteiger partial charge is 0.497 e. The third-order valence-electron chi connectivity index (χ3n) is 9.85. The van der Waals surface area contributed by atoms with E-state index >= 15 is 0 Å². The van der Waals surface area contributed by atoms with Crippen molar-refractivity contribution in [3.8, 4) is 28.7 Å². The molecule has 0 aliphatic heterocycles. The maximum atomic E-state index is 13.6. The number of halogens is 3. The number of rotatable bonds is 5. The highest BCUT2D eigenvalue weighted by atomic mass is 35.5. The molecule has 0 saturated carbocycles. The normalized spacial score (nSPS) is 11.4. The summed E-state index contributed by atoms with van der Waals surface area (Å²) >= 11 is 12.2. The molecular weight excluding hydrogens is 831 g/mol. The van der Waals surface area contributed by atoms with E-state index in [4.69, 9.17) is 46.9 Å². The van der Waals surface area contributed by atoms with Gasteiger partial charge in [-0.2, -0.15) is 0 Å². The first-order valence-corrected chi connectivity index (χ1v) is 22.0. The molecule has 0 fully saturated rings. The monoisotopic (exact) mass is 907 g/mol. The highest BCUT2D eigenvalue weighted by molar-refractivity contribution is 6.33. The maximum Gasteiger partial charge on any atom is 0.168 e. The molecule has 0 amide bonds. The van der Waals surface area contributed by atoms with Crippen LogP contribution in [0.1, 0.15) is 132 Å². The first kappa shape index (κ1) is 56.6. The summed E-state index contributed by atoms with van der Waals surface area (Å²) in [5, 5.41) is 1.58. The Kier molecular flexibility index (Phi) is 22.1. The number of ether oxygens (including phenoxy) is 5. The molecule has 0 aromatic heterocycles. The van der Waals surface area contributed by atoms with Crippen molar-refractivity contribution in [3.63, 3.8) is 0 Å². The molecule has 5 aromatic carbocycles. The molecular formula is C55H77Cl2FO5. The van der Waals surface area contributed by atoms with Crippen molar-refractivity contribution in [2.45, 2.75) is 131 Å². The van der Waals surface area contributed by atoms with Gasteiger partial charge in [-0.15, -0.1) is 0 Å². The summed E-state index contributed by atoms with van der Waals surface area (Å²) < 4.78 is 39.3. The highest BCUT2D eigenvalue weighted by Gasteiger charge is 2.21. The zero-order valence-corrected chi connectivity index (χ0v) is 43.5. The van der Waals surface area contributed by atoms with E-state index in [-0.39, 0.29) is 32.9 Å². The van der Waals surface area contributed by atoms with Gasteiger partial charge in [-0.1, -0.05) is 188 Å². The molecule has 0 saturated heterocycles. The maximum absolute atomic E-state index is 13.6. The van der Waals surface area contributed by atoms with Gasteiger partial charge < -0.3 is 23.7 Å². The smallest absolute Gasteiger partial charge is 0.168 e. The third-order valence-corrected chi connectivity index (χ3v) is 10.6. The molecule has 5 rings (SSSR count). The van der Waals surface area contributed by atoms with Crippen LogP contribution in [0.5, 0.6) is 28.7 Å². The first-order valence-electron chi connectivity index (χ1n) is 21.3. The average molecular weight is 908 g/mol. The fourth-order valence-electron chi connectivity index (χ4n) is 5.96. The summed E-state index contributed by atoms with van der Waals surface area (Å²) in [6, 6.07) is 33.3. The van der Waals surface area contributed by atoms with Crippen molar-refractivity contribution in [3.05, 3.63) is 147 Å². The van der Waals surface area contributed by atoms with E-state index in [9.17, 15) is 4.39 Å². The minimum atomic E-state index is -0.252. The number of hydrogen-bond donors (Lipinski definition) is 0. The molecule has 5 nitrogen and oxygen atoms in total. The van der Waals surface area contributed by atoms with Gasteiger partial charge in [-0.3, -0.25) is 0 Å². The Morgan fingerprint density at radius 1 is 0.365 bits per heavy atom. The van der Waals surface area contributed by atoms with Crippen molar-refractivity contribution in [1.29, 1.82) is 0 Å². The Labute approximate surface area is 391 Å². The van der Waals surface area contributed by atoms with E-state index < -0.39 is 0 Å². The molecule has 0 aliphatic rings. The van der Waals surface area contributed by atoms with E-state index in [0.717, 1.165) is 38.6 Å². The van der Waals surface area contributed by atoms with Crippen molar-refractivity contribution in [2.24, 2.45) is 0 Å². The van der Waals surface area contributed by atoms with Crippen molar-refractivity contribution in [2.75, 3.05) is 35.5 Å². The minimum Gasteiger partial charge on any atom is -0.497 e. The lowest BCUT2D eigenvalue weighted by molar-refractivity contribution is 0.353. The predicted molar refractivity (Wildman–Crippen MR) is 268 cm³/mol. The zero-order chi connectivity index (χ0) is 48.6. The van der Waals surface area contributed by atoms with E-state index in [0.29, 0.717) is 11.3 Å². The molecule has 5 aromatic rings. The molecule has 0 spiro atoms. The van der Waals surface area contributed by atoms with Gasteiger partial charge in [0.1, 0.15) is 11.5 Å². The van der Waals surface area contributed by atoms with E-state index in [2.05, 4.69) is 107 Å². The van der Waals surface area contributed by atoms with Gasteiger partial charge in [-0.05, 0) is 97.4 Å². The first-order chi connectivity index (χ1) is 29.0. The van der Waals surface area contributed by atoms with Crippen molar-refractivity contribution < 1.29 is 28.1 Å². The van der Waals surface area contributed by atoms with E-state index in [1.165, 1.54) is 23.8 Å². The Morgan fingerprint density at radius 3 is 1.22 bits per heavy atom. The average Bonchev–Trinajstić information content (AvgIpc) is 3.20. The van der Waals surface area contributed by atoms with Gasteiger partial charge in [0.2, 0.25) is 0 Å². The topological polar surface area (TPSA) is 46.2 Å². The fourth-order valence-corrected chi connectivity index (χ4v) is 6.86. The van der Waals surface area contributed by atoms with Gasteiger partial charge in [0.05, 0.1) is 40.6 Å². The SMILES string of the molecule is CC(C)(C)c1ccccc1Cl.COc1ccc(C(C)(C)C)cc1OC.COc1cccc(C(C)(C)C)c1.COc1cccc(C(C)(C)C)c1Cl.COc1cccc(C(C)(C)C)c1F. The van der Waals surface area contributed by atoms with Gasteiger partial charge in [0.25, 0.3) is 0 Å². The predicted octanol–water partition coefficient (Wildman–Crippen LogP) is 16.4. The lowest BCUT2D eigenvalue weighted by Crippen LogP contribution is -2.13. The third kappa shape index (κ3) is 18.7. The molecule has 0 aliphatic carbocycles.